The van der Waals surface area contributed by atoms with Crippen molar-refractivity contribution in [3.8, 4) is 6.07 Å². The maximum Gasteiger partial charge on any atom is 0.405 e. The van der Waals surface area contributed by atoms with Crippen molar-refractivity contribution in [2.75, 3.05) is 18.0 Å². The van der Waals surface area contributed by atoms with Crippen LogP contribution < -0.4 is 4.90 Å². The van der Waals surface area contributed by atoms with E-state index < -0.39 is 12.7 Å². The maximum absolute atomic E-state index is 12.7. The van der Waals surface area contributed by atoms with Gasteiger partial charge in [-0.3, -0.25) is 0 Å². The van der Waals surface area contributed by atoms with Gasteiger partial charge < -0.3 is 4.90 Å². The van der Waals surface area contributed by atoms with Gasteiger partial charge in [0.1, 0.15) is 18.2 Å². The van der Waals surface area contributed by atoms with Crippen molar-refractivity contribution in [3.63, 3.8) is 0 Å². The Hall–Kier alpha value is -1.84. The van der Waals surface area contributed by atoms with Crippen LogP contribution in [0.5, 0.6) is 0 Å². The second-order valence-corrected chi connectivity index (χ2v) is 4.68. The van der Waals surface area contributed by atoms with Crippen LogP contribution >= 0.6 is 0 Å². The fourth-order valence-electron chi connectivity index (χ4n) is 2.25. The van der Waals surface area contributed by atoms with Gasteiger partial charge in [-0.15, -0.1) is 5.10 Å². The molecule has 0 aliphatic carbocycles. The predicted molar refractivity (Wildman–Crippen MR) is 74.1 cm³/mol. The minimum Gasteiger partial charge on any atom is -0.345 e. The summed E-state index contributed by atoms with van der Waals surface area (Å²) in [6.07, 6.45) is -2.68. The van der Waals surface area contributed by atoms with E-state index in [0.717, 1.165) is 4.90 Å². The molecule has 21 heavy (non-hydrogen) atoms. The van der Waals surface area contributed by atoms with E-state index in [-0.39, 0.29) is 17.9 Å². The van der Waals surface area contributed by atoms with Crippen molar-refractivity contribution >= 4 is 5.82 Å². The highest BCUT2D eigenvalue weighted by Gasteiger charge is 2.32. The third-order valence-electron chi connectivity index (χ3n) is 3.10. The highest BCUT2D eigenvalue weighted by Crippen LogP contribution is 2.26. The van der Waals surface area contributed by atoms with Crippen molar-refractivity contribution in [2.24, 2.45) is 0 Å². The lowest BCUT2D eigenvalue weighted by Gasteiger charge is -2.25. The average molecular weight is 300 g/mol. The number of aromatic nitrogens is 2. The molecule has 0 N–H and O–H groups in total. The van der Waals surface area contributed by atoms with Crippen LogP contribution in [-0.2, 0) is 12.8 Å². The van der Waals surface area contributed by atoms with Gasteiger partial charge in [0.2, 0.25) is 0 Å². The van der Waals surface area contributed by atoms with E-state index in [1.54, 1.807) is 6.92 Å². The lowest BCUT2D eigenvalue weighted by molar-refractivity contribution is -0.119. The van der Waals surface area contributed by atoms with Crippen LogP contribution in [0.2, 0.25) is 0 Å². The normalized spacial score (nSPS) is 11.3. The number of halogens is 3. The summed E-state index contributed by atoms with van der Waals surface area (Å²) in [4.78, 5) is 1.09. The number of nitrogens with zero attached hydrogens (tertiary/aromatic N) is 4. The molecule has 1 aromatic rings. The van der Waals surface area contributed by atoms with Crippen LogP contribution in [-0.4, -0.2) is 29.5 Å². The van der Waals surface area contributed by atoms with Gasteiger partial charge in [0.25, 0.3) is 0 Å². The van der Waals surface area contributed by atoms with Crippen molar-refractivity contribution in [3.05, 3.63) is 16.8 Å². The number of nitriles is 1. The van der Waals surface area contributed by atoms with Crippen LogP contribution in [0.3, 0.4) is 0 Å². The van der Waals surface area contributed by atoms with Gasteiger partial charge in [0.05, 0.1) is 5.69 Å². The van der Waals surface area contributed by atoms with Gasteiger partial charge in [-0.25, -0.2) is 0 Å². The number of hydrogen-bond acceptors (Lipinski definition) is 4. The highest BCUT2D eigenvalue weighted by molar-refractivity contribution is 5.58. The lowest BCUT2D eigenvalue weighted by Crippen LogP contribution is -2.36. The number of hydrogen-bond donors (Lipinski definition) is 0. The molecule has 7 heteroatoms. The average Bonchev–Trinajstić information content (AvgIpc) is 2.43. The fourth-order valence-corrected chi connectivity index (χ4v) is 2.25. The molecule has 0 bridgehead atoms. The van der Waals surface area contributed by atoms with Gasteiger partial charge in [0.15, 0.2) is 5.82 Å². The fraction of sp³-hybridized carbons (Fsp3) is 0.643. The number of alkyl halides is 3. The molecule has 1 rings (SSSR count). The van der Waals surface area contributed by atoms with Gasteiger partial charge in [-0.05, 0) is 24.8 Å². The Kier molecular flexibility index (Phi) is 5.94. The standard InChI is InChI=1S/C14H19F3N4/c1-4-7-21(9-14(15,16)17)13-11(8-18)10(5-2)12(6-3)19-20-13/h4-7,9H2,1-3H3. The Labute approximate surface area is 122 Å². The highest BCUT2D eigenvalue weighted by atomic mass is 19.4. The first kappa shape index (κ1) is 17.2. The molecular formula is C14H19F3N4. The summed E-state index contributed by atoms with van der Waals surface area (Å²) < 4.78 is 38.1. The molecule has 0 unspecified atom stereocenters. The van der Waals surface area contributed by atoms with Crippen molar-refractivity contribution in [1.82, 2.24) is 10.2 Å². The minimum absolute atomic E-state index is 0.0331. The Balaban J connectivity index is 3.35. The van der Waals surface area contributed by atoms with E-state index in [4.69, 9.17) is 0 Å². The predicted octanol–water partition coefficient (Wildman–Crippen LogP) is 3.25. The third-order valence-corrected chi connectivity index (χ3v) is 3.10. The smallest absolute Gasteiger partial charge is 0.345 e. The van der Waals surface area contributed by atoms with E-state index in [0.29, 0.717) is 30.5 Å². The minimum atomic E-state index is -4.35. The Morgan fingerprint density at radius 1 is 1.14 bits per heavy atom. The maximum atomic E-state index is 12.7. The van der Waals surface area contributed by atoms with Crippen molar-refractivity contribution in [1.29, 1.82) is 5.26 Å². The summed E-state index contributed by atoms with van der Waals surface area (Å²) in [7, 11) is 0. The SMILES string of the molecule is CCCN(CC(F)(F)F)c1nnc(CC)c(CC)c1C#N. The molecule has 0 aliphatic heterocycles. The van der Waals surface area contributed by atoms with Crippen LogP contribution in [0.15, 0.2) is 0 Å². The molecule has 0 aromatic carbocycles. The molecule has 116 valence electrons. The number of anilines is 1. The Morgan fingerprint density at radius 3 is 2.24 bits per heavy atom. The van der Waals surface area contributed by atoms with Gasteiger partial charge in [-0.2, -0.15) is 23.5 Å². The van der Waals surface area contributed by atoms with Crippen molar-refractivity contribution < 1.29 is 13.2 Å². The zero-order valence-electron chi connectivity index (χ0n) is 12.5. The second-order valence-electron chi connectivity index (χ2n) is 4.68. The van der Waals surface area contributed by atoms with Gasteiger partial charge in [0, 0.05) is 6.54 Å². The topological polar surface area (TPSA) is 52.8 Å². The van der Waals surface area contributed by atoms with Crippen LogP contribution in [0, 0.1) is 11.3 Å². The second kappa shape index (κ2) is 7.25. The van der Waals surface area contributed by atoms with Gasteiger partial charge in [-0.1, -0.05) is 20.8 Å². The summed E-state index contributed by atoms with van der Waals surface area (Å²) in [6.45, 7) is 4.57. The first-order valence-corrected chi connectivity index (χ1v) is 6.98. The molecule has 0 aliphatic rings. The monoisotopic (exact) mass is 300 g/mol. The summed E-state index contributed by atoms with van der Waals surface area (Å²) in [5.41, 5.74) is 1.57. The molecule has 0 radical (unpaired) electrons. The summed E-state index contributed by atoms with van der Waals surface area (Å²) in [5.74, 6) is 0.0331. The molecule has 1 heterocycles. The summed E-state index contributed by atoms with van der Waals surface area (Å²) in [5, 5.41) is 17.2. The summed E-state index contributed by atoms with van der Waals surface area (Å²) in [6, 6.07) is 2.00. The summed E-state index contributed by atoms with van der Waals surface area (Å²) >= 11 is 0. The quantitative estimate of drug-likeness (QED) is 0.809. The van der Waals surface area contributed by atoms with E-state index in [9.17, 15) is 18.4 Å². The largest absolute Gasteiger partial charge is 0.405 e. The Bertz CT molecular complexity index is 520. The zero-order valence-corrected chi connectivity index (χ0v) is 12.5. The molecule has 0 fully saturated rings. The number of aryl methyl sites for hydroxylation is 1. The first-order chi connectivity index (χ1) is 9.87. The molecular weight excluding hydrogens is 281 g/mol. The van der Waals surface area contributed by atoms with Gasteiger partial charge >= 0.3 is 6.18 Å². The van der Waals surface area contributed by atoms with Crippen LogP contribution in [0.1, 0.15) is 44.0 Å². The third kappa shape index (κ3) is 4.31. The Morgan fingerprint density at radius 2 is 1.81 bits per heavy atom. The molecule has 0 atom stereocenters. The van der Waals surface area contributed by atoms with Crippen molar-refractivity contribution in [2.45, 2.75) is 46.2 Å². The van der Waals surface area contributed by atoms with E-state index >= 15 is 0 Å². The molecule has 0 saturated heterocycles. The van der Waals surface area contributed by atoms with Crippen LogP contribution in [0.4, 0.5) is 19.0 Å². The molecule has 0 spiro atoms. The first-order valence-electron chi connectivity index (χ1n) is 6.98. The van der Waals surface area contributed by atoms with E-state index in [2.05, 4.69) is 10.2 Å². The molecule has 0 saturated carbocycles. The molecule has 4 nitrogen and oxygen atoms in total. The molecule has 0 amide bonds. The van der Waals surface area contributed by atoms with Crippen LogP contribution in [0.25, 0.3) is 0 Å². The van der Waals surface area contributed by atoms with E-state index in [1.165, 1.54) is 0 Å². The van der Waals surface area contributed by atoms with E-state index in [1.807, 2.05) is 19.9 Å². The number of rotatable bonds is 6. The zero-order chi connectivity index (χ0) is 16.0. The lowest BCUT2D eigenvalue weighted by atomic mass is 10.0. The molecule has 1 aromatic heterocycles.